The van der Waals surface area contributed by atoms with Crippen LogP contribution in [0, 0.1) is 0 Å². The summed E-state index contributed by atoms with van der Waals surface area (Å²) in [6.07, 6.45) is -2.33. The van der Waals surface area contributed by atoms with Crippen LogP contribution in [0.25, 0.3) is 0 Å². The quantitative estimate of drug-likeness (QED) is 0.329. The fourth-order valence-electron chi connectivity index (χ4n) is 0. The van der Waals surface area contributed by atoms with Crippen molar-refractivity contribution in [1.29, 1.82) is 0 Å². The van der Waals surface area contributed by atoms with E-state index in [1.807, 2.05) is 0 Å². The Kier molecular flexibility index (Phi) is 57.2. The second-order valence-corrected chi connectivity index (χ2v) is 0.250. The van der Waals surface area contributed by atoms with Crippen LogP contribution in [0.4, 0.5) is 4.79 Å². The first-order valence-corrected chi connectivity index (χ1v) is 0.612. The minimum Gasteiger partial charge on any atom is -0.870 e. The number of hydrogen-bond donors (Lipinski definition) is 0. The summed E-state index contributed by atoms with van der Waals surface area (Å²) in [6.45, 7) is 0. The van der Waals surface area contributed by atoms with Gasteiger partial charge in [-0.15, -0.1) is 0 Å². The second-order valence-electron chi connectivity index (χ2n) is 0.250. The zero-order valence-electron chi connectivity index (χ0n) is 3.49. The minimum atomic E-state index is -2.33. The second kappa shape index (κ2) is 15.9. The average molecular weight is 159 g/mol. The Morgan fingerprint density at radius 2 is 1.29 bits per heavy atom. The molecule has 1 N–H and O–H groups in total. The van der Waals surface area contributed by atoms with E-state index in [1.54, 1.807) is 0 Å². The third-order valence-corrected chi connectivity index (χ3v) is 0. The Morgan fingerprint density at radius 3 is 1.29 bits per heavy atom. The van der Waals surface area contributed by atoms with E-state index in [9.17, 15) is 0 Å². The topological polar surface area (TPSA) is 93.2 Å². The van der Waals surface area contributed by atoms with Crippen LogP contribution in [0.2, 0.25) is 0 Å². The largest absolute Gasteiger partial charge is 2.00 e. The Bertz CT molecular complexity index is 34.7. The van der Waals surface area contributed by atoms with Gasteiger partial charge in [-0.2, -0.15) is 0 Å². The Hall–Kier alpha value is 0.724. The molecule has 0 radical (unpaired) electrons. The van der Waals surface area contributed by atoms with Crippen molar-refractivity contribution in [2.75, 3.05) is 0 Å². The molecule has 0 aliphatic heterocycles. The number of carboxylic acid groups (broad SMARTS) is 2. The molecule has 0 aromatic heterocycles. The molecule has 0 aromatic rings. The van der Waals surface area contributed by atoms with Crippen molar-refractivity contribution in [3.63, 3.8) is 0 Å². The van der Waals surface area contributed by atoms with E-state index in [0.29, 0.717) is 0 Å². The molecule has 0 aliphatic rings. The summed E-state index contributed by atoms with van der Waals surface area (Å²) in [6, 6.07) is 0. The zero-order chi connectivity index (χ0) is 3.58. The van der Waals surface area contributed by atoms with Crippen molar-refractivity contribution in [3.8, 4) is 0 Å². The maximum Gasteiger partial charge on any atom is 2.00 e. The van der Waals surface area contributed by atoms with Crippen molar-refractivity contribution in [1.82, 2.24) is 0 Å². The van der Waals surface area contributed by atoms with Crippen LogP contribution in [0.1, 0.15) is 0 Å². The van der Waals surface area contributed by atoms with Gasteiger partial charge in [0.25, 0.3) is 0 Å². The van der Waals surface area contributed by atoms with Crippen LogP contribution >= 0.6 is 0 Å². The molecule has 0 bridgehead atoms. The standard InChI is InChI=1S/CH2O3.Na.Ni.H2O/c2-1(3)4;;;/h(H2,2,3,4);;;1H2/q;+1;+2;/p-3. The molecule has 0 unspecified atom stereocenters. The zero-order valence-corrected chi connectivity index (χ0v) is 6.48. The van der Waals surface area contributed by atoms with E-state index in [0.717, 1.165) is 0 Å². The smallest absolute Gasteiger partial charge is 0.870 e. The molecule has 0 saturated heterocycles. The van der Waals surface area contributed by atoms with E-state index in [-0.39, 0.29) is 51.5 Å². The third kappa shape index (κ3) is 287. The van der Waals surface area contributed by atoms with Gasteiger partial charge in [0.05, 0.1) is 0 Å². The number of carbonyl (C=O) groups is 1. The van der Waals surface area contributed by atoms with Gasteiger partial charge < -0.3 is 20.5 Å². The molecule has 4 nitrogen and oxygen atoms in total. The molecule has 0 heterocycles. The summed E-state index contributed by atoms with van der Waals surface area (Å²) < 4.78 is 0. The number of carbonyl (C=O) groups excluding carboxylic acids is 1. The first kappa shape index (κ1) is 25.2. The van der Waals surface area contributed by atoms with E-state index in [4.69, 9.17) is 15.0 Å². The van der Waals surface area contributed by atoms with Crippen molar-refractivity contribution in [2.45, 2.75) is 0 Å². The van der Waals surface area contributed by atoms with Crippen LogP contribution in [0.3, 0.4) is 0 Å². The van der Waals surface area contributed by atoms with Gasteiger partial charge >= 0.3 is 46.0 Å². The van der Waals surface area contributed by atoms with Gasteiger partial charge in [-0.05, 0) is 6.16 Å². The third-order valence-electron chi connectivity index (χ3n) is 0. The van der Waals surface area contributed by atoms with E-state index in [2.05, 4.69) is 0 Å². The summed E-state index contributed by atoms with van der Waals surface area (Å²) in [7, 11) is 0. The van der Waals surface area contributed by atoms with Gasteiger partial charge in [0.1, 0.15) is 0 Å². The fourth-order valence-corrected chi connectivity index (χ4v) is 0. The van der Waals surface area contributed by atoms with Gasteiger partial charge in [0.15, 0.2) is 0 Å². The summed E-state index contributed by atoms with van der Waals surface area (Å²) >= 11 is 0. The molecule has 0 aromatic carbocycles. The van der Waals surface area contributed by atoms with Crippen LogP contribution in [-0.2, 0) is 16.5 Å². The average Bonchev–Trinajstić information content (AvgIpc) is 0.811. The normalized spacial score (nSPS) is 3.43. The molecule has 6 heteroatoms. The maximum atomic E-state index is 8.33. The summed E-state index contributed by atoms with van der Waals surface area (Å²) in [5, 5.41) is 16.7. The Balaban J connectivity index is -0.0000000150. The summed E-state index contributed by atoms with van der Waals surface area (Å²) in [5.41, 5.74) is 0. The van der Waals surface area contributed by atoms with Gasteiger partial charge in [-0.3, -0.25) is 0 Å². The molecule has 0 aliphatic carbocycles. The molecular formula is CHNaNiO4. The minimum absolute atomic E-state index is 0. The van der Waals surface area contributed by atoms with E-state index in [1.165, 1.54) is 0 Å². The molecule has 7 heavy (non-hydrogen) atoms. The van der Waals surface area contributed by atoms with Crippen molar-refractivity contribution in [2.24, 2.45) is 0 Å². The van der Waals surface area contributed by atoms with Crippen LogP contribution in [-0.4, -0.2) is 11.6 Å². The molecule has 0 saturated carbocycles. The van der Waals surface area contributed by atoms with Gasteiger partial charge in [0, 0.05) is 0 Å². The molecule has 0 amide bonds. The molecule has 40 valence electrons. The molecule has 0 fully saturated rings. The predicted molar refractivity (Wildman–Crippen MR) is 7.33 cm³/mol. The van der Waals surface area contributed by atoms with Crippen LogP contribution < -0.4 is 39.8 Å². The fraction of sp³-hybridized carbons (Fsp3) is 0. The van der Waals surface area contributed by atoms with Crippen LogP contribution in [0.15, 0.2) is 0 Å². The first-order valence-electron chi connectivity index (χ1n) is 0.612. The molecule has 0 atom stereocenters. The predicted octanol–water partition coefficient (Wildman–Crippen LogP) is -5.62. The summed E-state index contributed by atoms with van der Waals surface area (Å²) in [4.78, 5) is 8.33. The van der Waals surface area contributed by atoms with E-state index >= 15 is 0 Å². The maximum absolute atomic E-state index is 8.33. The number of rotatable bonds is 0. The summed E-state index contributed by atoms with van der Waals surface area (Å²) in [5.74, 6) is 0. The van der Waals surface area contributed by atoms with Gasteiger partial charge in [0.2, 0.25) is 0 Å². The van der Waals surface area contributed by atoms with Crippen molar-refractivity contribution >= 4 is 6.16 Å². The molecular weight excluding hydrogens is 158 g/mol. The molecule has 0 rings (SSSR count). The number of hydrogen-bond acceptors (Lipinski definition) is 4. The Morgan fingerprint density at radius 1 is 1.29 bits per heavy atom. The van der Waals surface area contributed by atoms with E-state index < -0.39 is 6.16 Å². The monoisotopic (exact) mass is 158 g/mol. The SMILES string of the molecule is O=C([O-])[O-].[Na+].[Ni+2].[OH-]. The first-order chi connectivity index (χ1) is 1.73. The molecule has 0 spiro atoms. The van der Waals surface area contributed by atoms with Gasteiger partial charge in [-0.25, -0.2) is 0 Å². The van der Waals surface area contributed by atoms with Crippen molar-refractivity contribution in [3.05, 3.63) is 0 Å². The van der Waals surface area contributed by atoms with Crippen LogP contribution in [0.5, 0.6) is 0 Å². The Labute approximate surface area is 72.4 Å². The van der Waals surface area contributed by atoms with Crippen molar-refractivity contribution < 1.29 is 66.5 Å². The van der Waals surface area contributed by atoms with Gasteiger partial charge in [-0.1, -0.05) is 0 Å².